The number of hydrogen-bond donors (Lipinski definition) is 1. The van der Waals surface area contributed by atoms with E-state index >= 15 is 0 Å². The van der Waals surface area contributed by atoms with Crippen LogP contribution in [0.3, 0.4) is 0 Å². The van der Waals surface area contributed by atoms with Gasteiger partial charge in [0.1, 0.15) is 5.82 Å². The molecule has 1 heterocycles. The van der Waals surface area contributed by atoms with Crippen molar-refractivity contribution in [2.24, 2.45) is 0 Å². The van der Waals surface area contributed by atoms with Gasteiger partial charge in [0, 0.05) is 12.4 Å². The fourth-order valence-electron chi connectivity index (χ4n) is 1.89. The first-order valence-electron chi connectivity index (χ1n) is 6.15. The molecule has 1 unspecified atom stereocenters. The molecule has 0 radical (unpaired) electrons. The summed E-state index contributed by atoms with van der Waals surface area (Å²) in [6.45, 7) is 2.91. The highest BCUT2D eigenvalue weighted by Gasteiger charge is 2.14. The Balaban J connectivity index is 2.19. The number of nitrogens with one attached hydrogen (secondary N) is 1. The molecule has 19 heavy (non-hydrogen) atoms. The summed E-state index contributed by atoms with van der Waals surface area (Å²) in [4.78, 5) is 8.60. The van der Waals surface area contributed by atoms with Crippen LogP contribution in [-0.2, 0) is 6.42 Å². The van der Waals surface area contributed by atoms with Crippen molar-refractivity contribution in [3.63, 3.8) is 0 Å². The zero-order chi connectivity index (χ0) is 13.7. The Morgan fingerprint density at radius 3 is 2.53 bits per heavy atom. The van der Waals surface area contributed by atoms with Crippen LogP contribution in [0.1, 0.15) is 24.4 Å². The Kier molecular flexibility index (Phi) is 5.14. The van der Waals surface area contributed by atoms with Crippen molar-refractivity contribution in [2.45, 2.75) is 19.4 Å². The number of aromatic nitrogens is 2. The van der Waals surface area contributed by atoms with Gasteiger partial charge in [-0.15, -0.1) is 0 Å². The van der Waals surface area contributed by atoms with Gasteiger partial charge in [-0.1, -0.05) is 36.2 Å². The van der Waals surface area contributed by atoms with Gasteiger partial charge < -0.3 is 5.32 Å². The van der Waals surface area contributed by atoms with Gasteiger partial charge >= 0.3 is 0 Å². The molecule has 0 fully saturated rings. The molecule has 1 N–H and O–H groups in total. The number of halogens is 2. The number of likely N-dealkylation sites (N-methyl/N-ethyl adjacent to an activating group) is 1. The number of hydrogen-bond acceptors (Lipinski definition) is 3. The minimum atomic E-state index is 0.0726. The van der Waals surface area contributed by atoms with Gasteiger partial charge in [0.25, 0.3) is 0 Å². The van der Waals surface area contributed by atoms with E-state index in [1.807, 2.05) is 24.3 Å². The molecule has 5 heteroatoms. The molecule has 1 aromatic heterocycles. The Labute approximate surface area is 123 Å². The summed E-state index contributed by atoms with van der Waals surface area (Å²) in [6, 6.07) is 7.56. The Bertz CT molecular complexity index is 531. The first kappa shape index (κ1) is 14.3. The van der Waals surface area contributed by atoms with Gasteiger partial charge in [-0.2, -0.15) is 0 Å². The van der Waals surface area contributed by atoms with E-state index in [9.17, 15) is 0 Å². The molecule has 0 bridgehead atoms. The maximum Gasteiger partial charge on any atom is 0.145 e. The van der Waals surface area contributed by atoms with E-state index in [-0.39, 0.29) is 6.04 Å². The lowest BCUT2D eigenvalue weighted by atomic mass is 10.1. The van der Waals surface area contributed by atoms with Gasteiger partial charge in [-0.25, -0.2) is 9.97 Å². The molecule has 0 saturated heterocycles. The van der Waals surface area contributed by atoms with Crippen molar-refractivity contribution in [1.29, 1.82) is 0 Å². The number of benzene rings is 1. The Morgan fingerprint density at radius 2 is 1.89 bits per heavy atom. The molecule has 0 aliphatic heterocycles. The molecular weight excluding hydrogens is 281 g/mol. The second-order valence-corrected chi connectivity index (χ2v) is 4.98. The van der Waals surface area contributed by atoms with E-state index in [4.69, 9.17) is 23.2 Å². The van der Waals surface area contributed by atoms with Gasteiger partial charge in [0.05, 0.1) is 16.1 Å². The molecule has 0 amide bonds. The van der Waals surface area contributed by atoms with Crippen LogP contribution in [0.5, 0.6) is 0 Å². The maximum atomic E-state index is 6.04. The van der Waals surface area contributed by atoms with E-state index in [1.54, 1.807) is 12.4 Å². The molecule has 100 valence electrons. The fourth-order valence-corrected chi connectivity index (χ4v) is 2.21. The Morgan fingerprint density at radius 1 is 1.16 bits per heavy atom. The van der Waals surface area contributed by atoms with Crippen molar-refractivity contribution in [3.05, 3.63) is 58.1 Å². The number of rotatable bonds is 5. The van der Waals surface area contributed by atoms with Gasteiger partial charge in [0.15, 0.2) is 0 Å². The van der Waals surface area contributed by atoms with Crippen LogP contribution in [0, 0.1) is 0 Å². The summed E-state index contributed by atoms with van der Waals surface area (Å²) in [5, 5.41) is 4.52. The summed E-state index contributed by atoms with van der Waals surface area (Å²) in [6.07, 6.45) is 4.28. The third-order valence-corrected chi connectivity index (χ3v) is 3.51. The third-order valence-electron chi connectivity index (χ3n) is 2.77. The summed E-state index contributed by atoms with van der Waals surface area (Å²) in [5.41, 5.74) is 1.10. The summed E-state index contributed by atoms with van der Waals surface area (Å²) in [5.74, 6) is 0.787. The van der Waals surface area contributed by atoms with Gasteiger partial charge in [0.2, 0.25) is 0 Å². The number of nitrogens with zero attached hydrogens (tertiary/aromatic N) is 2. The average Bonchev–Trinajstić information content (AvgIpc) is 2.43. The van der Waals surface area contributed by atoms with E-state index in [0.717, 1.165) is 24.4 Å². The molecule has 0 aliphatic carbocycles. The molecule has 3 nitrogen and oxygen atoms in total. The fraction of sp³-hybridized carbons (Fsp3) is 0.286. The summed E-state index contributed by atoms with van der Waals surface area (Å²) < 4.78 is 0. The smallest absolute Gasteiger partial charge is 0.145 e. The first-order valence-corrected chi connectivity index (χ1v) is 6.90. The first-order chi connectivity index (χ1) is 9.20. The monoisotopic (exact) mass is 295 g/mol. The van der Waals surface area contributed by atoms with Crippen LogP contribution in [0.4, 0.5) is 0 Å². The van der Waals surface area contributed by atoms with Crippen LogP contribution in [0.2, 0.25) is 10.0 Å². The minimum absolute atomic E-state index is 0.0726. The Hall–Kier alpha value is -1.16. The van der Waals surface area contributed by atoms with Gasteiger partial charge in [-0.05, 0) is 36.7 Å². The zero-order valence-electron chi connectivity index (χ0n) is 10.6. The highest BCUT2D eigenvalue weighted by Crippen LogP contribution is 2.24. The predicted molar refractivity (Wildman–Crippen MR) is 78.6 cm³/mol. The lowest BCUT2D eigenvalue weighted by Gasteiger charge is -2.16. The molecule has 2 aromatic rings. The van der Waals surface area contributed by atoms with E-state index < -0.39 is 0 Å². The standard InChI is InChI=1S/C14H15Cl2N3/c1-2-17-13(14-18-6-3-7-19-14)9-10-4-5-11(15)12(16)8-10/h3-8,13,17H,2,9H2,1H3. The van der Waals surface area contributed by atoms with Crippen LogP contribution in [-0.4, -0.2) is 16.5 Å². The summed E-state index contributed by atoms with van der Waals surface area (Å²) in [7, 11) is 0. The quantitative estimate of drug-likeness (QED) is 0.914. The molecule has 0 saturated carbocycles. The molecule has 0 spiro atoms. The van der Waals surface area contributed by atoms with E-state index in [1.165, 1.54) is 0 Å². The molecule has 0 aliphatic rings. The topological polar surface area (TPSA) is 37.8 Å². The van der Waals surface area contributed by atoms with Crippen molar-refractivity contribution in [3.8, 4) is 0 Å². The van der Waals surface area contributed by atoms with Crippen LogP contribution in [0.25, 0.3) is 0 Å². The van der Waals surface area contributed by atoms with Crippen molar-refractivity contribution in [1.82, 2.24) is 15.3 Å². The average molecular weight is 296 g/mol. The highest BCUT2D eigenvalue weighted by atomic mass is 35.5. The lowest BCUT2D eigenvalue weighted by molar-refractivity contribution is 0.521. The highest BCUT2D eigenvalue weighted by molar-refractivity contribution is 6.42. The second kappa shape index (κ2) is 6.85. The SMILES string of the molecule is CCNC(Cc1ccc(Cl)c(Cl)c1)c1ncccn1. The third kappa shape index (κ3) is 3.90. The summed E-state index contributed by atoms with van der Waals surface area (Å²) >= 11 is 12.0. The van der Waals surface area contributed by atoms with Gasteiger partial charge in [-0.3, -0.25) is 0 Å². The van der Waals surface area contributed by atoms with Crippen LogP contribution >= 0.6 is 23.2 Å². The van der Waals surface area contributed by atoms with Crippen LogP contribution < -0.4 is 5.32 Å². The normalized spacial score (nSPS) is 12.4. The molecule has 1 aromatic carbocycles. The molecular formula is C14H15Cl2N3. The van der Waals surface area contributed by atoms with E-state index in [2.05, 4.69) is 22.2 Å². The maximum absolute atomic E-state index is 6.04. The minimum Gasteiger partial charge on any atom is -0.307 e. The van der Waals surface area contributed by atoms with Crippen molar-refractivity contribution < 1.29 is 0 Å². The lowest BCUT2D eigenvalue weighted by Crippen LogP contribution is -2.24. The van der Waals surface area contributed by atoms with E-state index in [0.29, 0.717) is 10.0 Å². The molecule has 1 atom stereocenters. The van der Waals surface area contributed by atoms with Crippen molar-refractivity contribution in [2.75, 3.05) is 6.54 Å². The zero-order valence-corrected chi connectivity index (χ0v) is 12.1. The molecule has 2 rings (SSSR count). The van der Waals surface area contributed by atoms with Crippen molar-refractivity contribution >= 4 is 23.2 Å². The van der Waals surface area contributed by atoms with Crippen LogP contribution in [0.15, 0.2) is 36.7 Å². The predicted octanol–water partition coefficient (Wildman–Crippen LogP) is 3.68. The largest absolute Gasteiger partial charge is 0.307 e. The second-order valence-electron chi connectivity index (χ2n) is 4.17.